The molecule has 101 heavy (non-hydrogen) atoms. The largest absolute Gasteiger partial charge is 0.472 e. The Kier molecular flexibility index (Phi) is 71.3. The van der Waals surface area contributed by atoms with Gasteiger partial charge in [-0.3, -0.25) is 37.3 Å². The zero-order chi connectivity index (χ0) is 74.2. The number of unbranched alkanes of at least 4 members (excludes halogenated alkanes) is 45. The highest BCUT2D eigenvalue weighted by molar-refractivity contribution is 7.47. The minimum atomic E-state index is -4.97. The number of carbonyl (C=O) groups is 4. The maximum Gasteiger partial charge on any atom is 0.472 e. The number of rotatable bonds is 79. The van der Waals surface area contributed by atoms with Crippen LogP contribution in [0.1, 0.15) is 408 Å². The van der Waals surface area contributed by atoms with Crippen LogP contribution >= 0.6 is 15.6 Å². The number of esters is 4. The van der Waals surface area contributed by atoms with Gasteiger partial charge in [0, 0.05) is 25.7 Å². The van der Waals surface area contributed by atoms with Crippen LogP contribution in [0.15, 0.2) is 24.3 Å². The number of phosphoric ester groups is 2. The van der Waals surface area contributed by atoms with Gasteiger partial charge in [-0.2, -0.15) is 0 Å². The summed E-state index contributed by atoms with van der Waals surface area (Å²) < 4.78 is 68.7. The Morgan fingerprint density at radius 3 is 0.891 bits per heavy atom. The maximum atomic E-state index is 13.1. The van der Waals surface area contributed by atoms with Crippen molar-refractivity contribution >= 4 is 39.5 Å². The highest BCUT2D eigenvalue weighted by Gasteiger charge is 2.30. The minimum absolute atomic E-state index is 0.0852. The molecule has 19 heteroatoms. The number of allylic oxidation sites excluding steroid dienone is 4. The van der Waals surface area contributed by atoms with Crippen molar-refractivity contribution in [1.82, 2.24) is 0 Å². The number of carbonyl (C=O) groups excluding carboxylic acids is 4. The lowest BCUT2D eigenvalue weighted by Crippen LogP contribution is -2.30. The Bertz CT molecular complexity index is 2040. The van der Waals surface area contributed by atoms with E-state index in [9.17, 15) is 43.2 Å². The predicted molar refractivity (Wildman–Crippen MR) is 414 cm³/mol. The highest BCUT2D eigenvalue weighted by atomic mass is 31.2. The summed E-state index contributed by atoms with van der Waals surface area (Å²) in [7, 11) is -9.93. The molecule has 0 aliphatic rings. The minimum Gasteiger partial charge on any atom is -0.462 e. The summed E-state index contributed by atoms with van der Waals surface area (Å²) in [6.45, 7) is 9.64. The van der Waals surface area contributed by atoms with E-state index in [1.165, 1.54) is 212 Å². The second kappa shape index (κ2) is 73.1. The molecule has 0 spiro atoms. The fraction of sp³-hybridized carbons (Fsp3) is 0.902. The third-order valence-electron chi connectivity index (χ3n) is 18.9. The van der Waals surface area contributed by atoms with E-state index in [1.807, 2.05) is 0 Å². The molecule has 0 radical (unpaired) electrons. The smallest absolute Gasteiger partial charge is 0.462 e. The maximum absolute atomic E-state index is 13.1. The normalized spacial score (nSPS) is 14.3. The number of phosphoric acid groups is 2. The standard InChI is InChI=1S/C82H156O17P2/c1-7-10-12-14-16-18-19-20-23-31-36-42-48-54-60-66-81(86)98-77(70-92-79(84)64-58-52-46-38-17-15-13-11-8-2)72-96-100(88,89)94-68-76(83)69-95-101(90,91)97-73-78(71-93-80(85)65-59-53-47-41-35-30-27-26-29-34-40-45-51-57-63-75(6)9-3)99-82(87)67-61-55-49-43-37-32-25-22-21-24-28-33-39-44-50-56-62-74(4)5/h18-20,23,74-78,83H,7-17,21-22,24-73H2,1-6H3,(H,88,89)(H,90,91)/b19-18-,23-20-/t75?,76-,77+,78+/m0/s1. The van der Waals surface area contributed by atoms with Crippen LogP contribution in [-0.2, 0) is 65.4 Å². The molecule has 3 unspecified atom stereocenters. The van der Waals surface area contributed by atoms with E-state index in [0.29, 0.717) is 25.7 Å². The number of ether oxygens (including phenoxy) is 4. The van der Waals surface area contributed by atoms with Crippen LogP contribution in [0.3, 0.4) is 0 Å². The third kappa shape index (κ3) is 74.2. The van der Waals surface area contributed by atoms with Crippen LogP contribution < -0.4 is 0 Å². The zero-order valence-corrected chi connectivity index (χ0v) is 67.5. The summed E-state index contributed by atoms with van der Waals surface area (Å²) in [4.78, 5) is 73.0. The number of aliphatic hydroxyl groups excluding tert-OH is 1. The number of aliphatic hydroxyl groups is 1. The average molecular weight is 1480 g/mol. The van der Waals surface area contributed by atoms with E-state index in [1.54, 1.807) is 0 Å². The Morgan fingerprint density at radius 2 is 0.584 bits per heavy atom. The summed E-state index contributed by atoms with van der Waals surface area (Å²) in [5, 5.41) is 10.6. The lowest BCUT2D eigenvalue weighted by Gasteiger charge is -2.21. The molecular weight excluding hydrogens is 1320 g/mol. The Morgan fingerprint density at radius 1 is 0.327 bits per heavy atom. The van der Waals surface area contributed by atoms with Gasteiger partial charge in [0.05, 0.1) is 26.4 Å². The molecular formula is C82H156O17P2. The van der Waals surface area contributed by atoms with Crippen LogP contribution in [0.5, 0.6) is 0 Å². The third-order valence-corrected chi connectivity index (χ3v) is 20.8. The average Bonchev–Trinajstić information content (AvgIpc) is 0.967. The first-order valence-corrected chi connectivity index (χ1v) is 44.8. The van der Waals surface area contributed by atoms with E-state index in [-0.39, 0.29) is 25.7 Å². The molecule has 0 aliphatic heterocycles. The topological polar surface area (TPSA) is 237 Å². The highest BCUT2D eigenvalue weighted by Crippen LogP contribution is 2.45. The Hall–Kier alpha value is -2.46. The van der Waals surface area contributed by atoms with Gasteiger partial charge in [0.2, 0.25) is 0 Å². The molecule has 0 aliphatic carbocycles. The van der Waals surface area contributed by atoms with E-state index < -0.39 is 97.5 Å². The second-order valence-electron chi connectivity index (χ2n) is 29.5. The van der Waals surface area contributed by atoms with Crippen molar-refractivity contribution in [1.29, 1.82) is 0 Å². The van der Waals surface area contributed by atoms with Gasteiger partial charge in [0.25, 0.3) is 0 Å². The molecule has 0 rings (SSSR count). The van der Waals surface area contributed by atoms with Crippen molar-refractivity contribution in [2.75, 3.05) is 39.6 Å². The molecule has 17 nitrogen and oxygen atoms in total. The van der Waals surface area contributed by atoms with Crippen LogP contribution in [-0.4, -0.2) is 96.7 Å². The van der Waals surface area contributed by atoms with Crippen LogP contribution in [0, 0.1) is 11.8 Å². The summed E-state index contributed by atoms with van der Waals surface area (Å²) >= 11 is 0. The molecule has 0 saturated heterocycles. The number of hydrogen-bond donors (Lipinski definition) is 3. The van der Waals surface area contributed by atoms with Gasteiger partial charge in [0.15, 0.2) is 12.2 Å². The van der Waals surface area contributed by atoms with Crippen molar-refractivity contribution in [3.05, 3.63) is 24.3 Å². The molecule has 3 N–H and O–H groups in total. The van der Waals surface area contributed by atoms with Crippen LogP contribution in [0.2, 0.25) is 0 Å². The molecule has 0 bridgehead atoms. The van der Waals surface area contributed by atoms with Gasteiger partial charge in [-0.25, -0.2) is 9.13 Å². The second-order valence-corrected chi connectivity index (χ2v) is 32.5. The predicted octanol–water partition coefficient (Wildman–Crippen LogP) is 24.2. The molecule has 0 fully saturated rings. The molecule has 0 heterocycles. The first-order valence-electron chi connectivity index (χ1n) is 41.8. The van der Waals surface area contributed by atoms with Gasteiger partial charge in [-0.1, -0.05) is 355 Å². The lowest BCUT2D eigenvalue weighted by atomic mass is 9.99. The van der Waals surface area contributed by atoms with Gasteiger partial charge >= 0.3 is 39.5 Å². The van der Waals surface area contributed by atoms with E-state index in [2.05, 4.69) is 65.8 Å². The lowest BCUT2D eigenvalue weighted by molar-refractivity contribution is -0.161. The fourth-order valence-electron chi connectivity index (χ4n) is 12.1. The van der Waals surface area contributed by atoms with E-state index in [0.717, 1.165) is 115 Å². The van der Waals surface area contributed by atoms with Gasteiger partial charge in [0.1, 0.15) is 19.3 Å². The van der Waals surface area contributed by atoms with Crippen molar-refractivity contribution < 1.29 is 80.2 Å². The van der Waals surface area contributed by atoms with Crippen molar-refractivity contribution in [2.45, 2.75) is 426 Å². The summed E-state index contributed by atoms with van der Waals surface area (Å²) in [6.07, 6.45) is 65.9. The monoisotopic (exact) mass is 1480 g/mol. The summed E-state index contributed by atoms with van der Waals surface area (Å²) in [5.74, 6) is -0.482. The molecule has 6 atom stereocenters. The van der Waals surface area contributed by atoms with E-state index >= 15 is 0 Å². The molecule has 0 amide bonds. The molecule has 0 aromatic carbocycles. The van der Waals surface area contributed by atoms with Crippen molar-refractivity contribution in [2.24, 2.45) is 11.8 Å². The van der Waals surface area contributed by atoms with E-state index in [4.69, 9.17) is 37.0 Å². The van der Waals surface area contributed by atoms with Gasteiger partial charge in [-0.05, 0) is 63.2 Å². The fourth-order valence-corrected chi connectivity index (χ4v) is 13.7. The molecule has 596 valence electrons. The Labute approximate surface area is 618 Å². The zero-order valence-electron chi connectivity index (χ0n) is 65.7. The van der Waals surface area contributed by atoms with Crippen LogP contribution in [0.4, 0.5) is 0 Å². The van der Waals surface area contributed by atoms with Crippen LogP contribution in [0.25, 0.3) is 0 Å². The molecule has 0 aromatic rings. The summed E-state index contributed by atoms with van der Waals surface area (Å²) in [6, 6.07) is 0. The summed E-state index contributed by atoms with van der Waals surface area (Å²) in [5.41, 5.74) is 0. The molecule has 0 aromatic heterocycles. The van der Waals surface area contributed by atoms with Crippen molar-refractivity contribution in [3.63, 3.8) is 0 Å². The van der Waals surface area contributed by atoms with Crippen molar-refractivity contribution in [3.8, 4) is 0 Å². The number of hydrogen-bond acceptors (Lipinski definition) is 15. The quantitative estimate of drug-likeness (QED) is 0.0169. The van der Waals surface area contributed by atoms with Gasteiger partial charge in [-0.15, -0.1) is 0 Å². The SMILES string of the molecule is CCCCCC/C=C\C=C/CCCCCCCC(=O)O[C@H](COC(=O)CCCCCCCCCCC)COP(=O)(O)OC[C@H](O)COP(=O)(O)OC[C@@H](COC(=O)CCCCCCCCCCCCCCCCC(C)CC)OC(=O)CCCCCCCCCCCCCCCCCCC(C)C. The molecule has 0 saturated carbocycles. The van der Waals surface area contributed by atoms with Gasteiger partial charge < -0.3 is 33.8 Å². The first-order chi connectivity index (χ1) is 48.9. The Balaban J connectivity index is 5.26. The first kappa shape index (κ1) is 98.5.